The lowest BCUT2D eigenvalue weighted by molar-refractivity contribution is 0.0184. The summed E-state index contributed by atoms with van der Waals surface area (Å²) in [5.74, 6) is 0.677. The number of hydrogen-bond acceptors (Lipinski definition) is 3. The van der Waals surface area contributed by atoms with Crippen molar-refractivity contribution in [2.24, 2.45) is 11.3 Å². The van der Waals surface area contributed by atoms with Crippen LogP contribution in [0.4, 0.5) is 4.79 Å². The molecule has 0 bridgehead atoms. The van der Waals surface area contributed by atoms with E-state index in [0.29, 0.717) is 11.3 Å². The van der Waals surface area contributed by atoms with E-state index in [0.717, 1.165) is 39.0 Å². The number of carbonyl (C=O) groups is 1. The maximum absolute atomic E-state index is 12.0. The van der Waals surface area contributed by atoms with Crippen molar-refractivity contribution < 1.29 is 9.53 Å². The van der Waals surface area contributed by atoms with Crippen LogP contribution in [0.5, 0.6) is 0 Å². The van der Waals surface area contributed by atoms with E-state index in [9.17, 15) is 4.79 Å². The highest BCUT2D eigenvalue weighted by Crippen LogP contribution is 2.19. The fraction of sp³-hybridized carbons (Fsp3) is 0.938. The third-order valence-corrected chi connectivity index (χ3v) is 3.35. The minimum atomic E-state index is -0.401. The lowest BCUT2D eigenvalue weighted by Crippen LogP contribution is -2.43. The highest BCUT2D eigenvalue weighted by molar-refractivity contribution is 5.68. The third kappa shape index (κ3) is 7.13. The monoisotopic (exact) mass is 284 g/mol. The van der Waals surface area contributed by atoms with E-state index in [2.05, 4.69) is 26.1 Å². The molecule has 0 aromatic carbocycles. The van der Waals surface area contributed by atoms with Gasteiger partial charge in [-0.25, -0.2) is 4.79 Å². The Kier molecular flexibility index (Phi) is 5.87. The van der Waals surface area contributed by atoms with Crippen molar-refractivity contribution >= 4 is 6.09 Å². The molecule has 1 aliphatic heterocycles. The normalized spacial score (nSPS) is 18.2. The van der Waals surface area contributed by atoms with E-state index in [1.165, 1.54) is 0 Å². The summed E-state index contributed by atoms with van der Waals surface area (Å²) in [4.78, 5) is 13.8. The molecule has 0 radical (unpaired) electrons. The van der Waals surface area contributed by atoms with Gasteiger partial charge in [-0.05, 0) is 58.0 Å². The number of amides is 1. The van der Waals surface area contributed by atoms with Gasteiger partial charge in [0, 0.05) is 13.1 Å². The van der Waals surface area contributed by atoms with Crippen LogP contribution in [0.3, 0.4) is 0 Å². The summed E-state index contributed by atoms with van der Waals surface area (Å²) < 4.78 is 5.41. The van der Waals surface area contributed by atoms with Crippen LogP contribution in [-0.2, 0) is 4.74 Å². The van der Waals surface area contributed by atoms with Gasteiger partial charge in [-0.2, -0.15) is 0 Å². The van der Waals surface area contributed by atoms with Gasteiger partial charge in [-0.1, -0.05) is 20.8 Å². The summed E-state index contributed by atoms with van der Waals surface area (Å²) in [5.41, 5.74) is -0.0700. The summed E-state index contributed by atoms with van der Waals surface area (Å²) in [7, 11) is 0. The Morgan fingerprint density at radius 2 is 1.70 bits per heavy atom. The van der Waals surface area contributed by atoms with Gasteiger partial charge in [0.1, 0.15) is 5.60 Å². The number of ether oxygens (including phenoxy) is 1. The van der Waals surface area contributed by atoms with Crippen LogP contribution in [0.1, 0.15) is 54.4 Å². The molecule has 118 valence electrons. The molecule has 0 aromatic rings. The second kappa shape index (κ2) is 6.79. The smallest absolute Gasteiger partial charge is 0.410 e. The average Bonchev–Trinajstić information content (AvgIpc) is 2.25. The predicted octanol–water partition coefficient (Wildman–Crippen LogP) is 3.27. The molecule has 1 heterocycles. The summed E-state index contributed by atoms with van der Waals surface area (Å²) in [5, 5.41) is 3.54. The molecular weight excluding hydrogens is 252 g/mol. The summed E-state index contributed by atoms with van der Waals surface area (Å²) in [6.07, 6.45) is 1.96. The number of piperidine rings is 1. The van der Waals surface area contributed by atoms with E-state index >= 15 is 0 Å². The van der Waals surface area contributed by atoms with Crippen LogP contribution in [0, 0.1) is 11.3 Å². The molecule has 0 unspecified atom stereocenters. The first-order valence-electron chi connectivity index (χ1n) is 7.75. The van der Waals surface area contributed by atoms with E-state index < -0.39 is 5.60 Å². The van der Waals surface area contributed by atoms with Gasteiger partial charge in [-0.3, -0.25) is 0 Å². The van der Waals surface area contributed by atoms with Gasteiger partial charge in [0.15, 0.2) is 0 Å². The molecule has 0 aliphatic carbocycles. The Labute approximate surface area is 124 Å². The quantitative estimate of drug-likeness (QED) is 0.865. The van der Waals surface area contributed by atoms with Crippen molar-refractivity contribution in [3.63, 3.8) is 0 Å². The fourth-order valence-electron chi connectivity index (χ4n) is 2.30. The lowest BCUT2D eigenvalue weighted by Gasteiger charge is -2.34. The maximum Gasteiger partial charge on any atom is 0.410 e. The zero-order chi connectivity index (χ0) is 15.4. The second-order valence-corrected chi connectivity index (χ2v) is 8.10. The summed E-state index contributed by atoms with van der Waals surface area (Å²) in [6.45, 7) is 16.2. The number of nitrogens with zero attached hydrogens (tertiary/aromatic N) is 1. The van der Waals surface area contributed by atoms with Crippen LogP contribution in [0.2, 0.25) is 0 Å². The Hall–Kier alpha value is -0.770. The van der Waals surface area contributed by atoms with Crippen molar-refractivity contribution in [1.82, 2.24) is 10.2 Å². The molecular formula is C16H32N2O2. The Morgan fingerprint density at radius 3 is 2.15 bits per heavy atom. The van der Waals surface area contributed by atoms with Crippen LogP contribution < -0.4 is 5.32 Å². The molecule has 1 rings (SSSR count). The molecule has 0 spiro atoms. The Bertz CT molecular complexity index is 307. The molecule has 20 heavy (non-hydrogen) atoms. The minimum absolute atomic E-state index is 0.168. The zero-order valence-electron chi connectivity index (χ0n) is 14.1. The third-order valence-electron chi connectivity index (χ3n) is 3.35. The van der Waals surface area contributed by atoms with E-state index in [-0.39, 0.29) is 6.09 Å². The van der Waals surface area contributed by atoms with Crippen LogP contribution in [0.15, 0.2) is 0 Å². The van der Waals surface area contributed by atoms with Gasteiger partial charge in [0.25, 0.3) is 0 Å². The SMILES string of the molecule is CC(C)(C)CNCC1CCN(C(=O)OC(C)(C)C)CC1. The number of hydrogen-bond donors (Lipinski definition) is 1. The summed E-state index contributed by atoms with van der Waals surface area (Å²) in [6, 6.07) is 0. The average molecular weight is 284 g/mol. The van der Waals surface area contributed by atoms with Crippen molar-refractivity contribution in [1.29, 1.82) is 0 Å². The number of nitrogens with one attached hydrogen (secondary N) is 1. The Morgan fingerprint density at radius 1 is 1.15 bits per heavy atom. The van der Waals surface area contributed by atoms with Crippen molar-refractivity contribution in [3.8, 4) is 0 Å². The van der Waals surface area contributed by atoms with Crippen molar-refractivity contribution in [2.45, 2.75) is 60.0 Å². The van der Waals surface area contributed by atoms with Gasteiger partial charge in [0.05, 0.1) is 0 Å². The predicted molar refractivity (Wildman–Crippen MR) is 82.9 cm³/mol. The molecule has 0 aromatic heterocycles. The van der Waals surface area contributed by atoms with Crippen LogP contribution >= 0.6 is 0 Å². The minimum Gasteiger partial charge on any atom is -0.444 e. The Balaban J connectivity index is 2.25. The van der Waals surface area contributed by atoms with Gasteiger partial charge >= 0.3 is 6.09 Å². The van der Waals surface area contributed by atoms with E-state index in [4.69, 9.17) is 4.74 Å². The van der Waals surface area contributed by atoms with Crippen LogP contribution in [-0.4, -0.2) is 42.8 Å². The fourth-order valence-corrected chi connectivity index (χ4v) is 2.30. The second-order valence-electron chi connectivity index (χ2n) is 8.10. The van der Waals surface area contributed by atoms with Gasteiger partial charge < -0.3 is 15.0 Å². The number of rotatable bonds is 3. The zero-order valence-corrected chi connectivity index (χ0v) is 14.1. The molecule has 0 atom stereocenters. The highest BCUT2D eigenvalue weighted by Gasteiger charge is 2.26. The first kappa shape index (κ1) is 17.3. The number of carbonyl (C=O) groups excluding carboxylic acids is 1. The van der Waals surface area contributed by atoms with Gasteiger partial charge in [0.2, 0.25) is 0 Å². The van der Waals surface area contributed by atoms with E-state index in [1.807, 2.05) is 25.7 Å². The summed E-state index contributed by atoms with van der Waals surface area (Å²) >= 11 is 0. The maximum atomic E-state index is 12.0. The molecule has 1 aliphatic rings. The first-order valence-corrected chi connectivity index (χ1v) is 7.75. The standard InChI is InChI=1S/C16H32N2O2/c1-15(2,3)12-17-11-13-7-9-18(10-8-13)14(19)20-16(4,5)6/h13,17H,7-12H2,1-6H3. The largest absolute Gasteiger partial charge is 0.444 e. The lowest BCUT2D eigenvalue weighted by atomic mass is 9.94. The molecule has 4 heteroatoms. The van der Waals surface area contributed by atoms with Crippen molar-refractivity contribution in [2.75, 3.05) is 26.2 Å². The van der Waals surface area contributed by atoms with Gasteiger partial charge in [-0.15, -0.1) is 0 Å². The molecule has 1 fully saturated rings. The first-order chi connectivity index (χ1) is 9.07. The van der Waals surface area contributed by atoms with Crippen molar-refractivity contribution in [3.05, 3.63) is 0 Å². The molecule has 0 saturated carbocycles. The molecule has 1 amide bonds. The van der Waals surface area contributed by atoms with Crippen LogP contribution in [0.25, 0.3) is 0 Å². The molecule has 4 nitrogen and oxygen atoms in total. The molecule has 1 saturated heterocycles. The number of likely N-dealkylation sites (tertiary alicyclic amines) is 1. The molecule has 1 N–H and O–H groups in total. The van der Waals surface area contributed by atoms with E-state index in [1.54, 1.807) is 0 Å². The highest BCUT2D eigenvalue weighted by atomic mass is 16.6. The topological polar surface area (TPSA) is 41.6 Å².